The number of carbonyl (C=O) groups is 1. The molecule has 0 bridgehead atoms. The van der Waals surface area contributed by atoms with Crippen molar-refractivity contribution >= 4 is 33.8 Å². The second-order valence-corrected chi connectivity index (χ2v) is 9.25. The highest BCUT2D eigenvalue weighted by Gasteiger charge is 2.33. The molecule has 0 radical (unpaired) electrons. The van der Waals surface area contributed by atoms with Crippen LogP contribution in [-0.2, 0) is 14.6 Å². The molecule has 2 heterocycles. The summed E-state index contributed by atoms with van der Waals surface area (Å²) in [6.07, 6.45) is 4.54. The minimum absolute atomic E-state index is 0.121. The highest BCUT2D eigenvalue weighted by atomic mass is 32.2. The maximum absolute atomic E-state index is 13.3. The quantitative estimate of drug-likeness (QED) is 0.634. The molecule has 0 saturated carbocycles. The third-order valence-corrected chi connectivity index (χ3v) is 6.97. The lowest BCUT2D eigenvalue weighted by molar-refractivity contribution is -0.122. The second-order valence-electron chi connectivity index (χ2n) is 7.39. The molecule has 7 nitrogen and oxygen atoms in total. The maximum Gasteiger partial charge on any atom is 0.236 e. The minimum Gasteiger partial charge on any atom is -0.420 e. The number of nitrogens with two attached hydrogens (primary N) is 1. The smallest absolute Gasteiger partial charge is 0.236 e. The van der Waals surface area contributed by atoms with Crippen molar-refractivity contribution in [2.24, 2.45) is 11.7 Å². The molecular formula is C23H23N3O4S. The summed E-state index contributed by atoms with van der Waals surface area (Å²) in [7, 11) is -3.88. The van der Waals surface area contributed by atoms with Gasteiger partial charge < -0.3 is 15.1 Å². The Labute approximate surface area is 181 Å². The highest BCUT2D eigenvalue weighted by Crippen LogP contribution is 2.34. The largest absolute Gasteiger partial charge is 0.420 e. The predicted octanol–water partition coefficient (Wildman–Crippen LogP) is 3.38. The molecule has 0 unspecified atom stereocenters. The van der Waals surface area contributed by atoms with Crippen molar-refractivity contribution < 1.29 is 17.6 Å². The number of piperidine rings is 1. The zero-order valence-corrected chi connectivity index (χ0v) is 17.7. The van der Waals surface area contributed by atoms with E-state index in [1.165, 1.54) is 12.1 Å². The van der Waals surface area contributed by atoms with Gasteiger partial charge in [-0.1, -0.05) is 48.5 Å². The van der Waals surface area contributed by atoms with Crippen LogP contribution < -0.4 is 10.6 Å². The number of rotatable bonds is 6. The van der Waals surface area contributed by atoms with Crippen molar-refractivity contribution in [1.82, 2.24) is 4.98 Å². The molecule has 4 rings (SSSR count). The zero-order chi connectivity index (χ0) is 21.8. The monoisotopic (exact) mass is 437 g/mol. The molecule has 1 saturated heterocycles. The van der Waals surface area contributed by atoms with Crippen LogP contribution in [0.2, 0.25) is 0 Å². The van der Waals surface area contributed by atoms with Crippen molar-refractivity contribution in [3.8, 4) is 0 Å². The van der Waals surface area contributed by atoms with Crippen molar-refractivity contribution in [2.75, 3.05) is 18.0 Å². The number of anilines is 1. The molecule has 3 aromatic rings. The Bertz CT molecular complexity index is 1180. The predicted molar refractivity (Wildman–Crippen MR) is 118 cm³/mol. The van der Waals surface area contributed by atoms with E-state index >= 15 is 0 Å². The minimum atomic E-state index is -3.88. The lowest BCUT2D eigenvalue weighted by Gasteiger charge is -2.30. The van der Waals surface area contributed by atoms with E-state index in [1.807, 2.05) is 41.3 Å². The fraction of sp³-hybridized carbons (Fsp3) is 0.217. The Morgan fingerprint density at radius 3 is 2.23 bits per heavy atom. The van der Waals surface area contributed by atoms with Gasteiger partial charge in [0.15, 0.2) is 0 Å². The maximum atomic E-state index is 13.3. The van der Waals surface area contributed by atoms with Gasteiger partial charge in [0.2, 0.25) is 32.5 Å². The lowest BCUT2D eigenvalue weighted by atomic mass is 9.96. The van der Waals surface area contributed by atoms with Crippen LogP contribution in [0, 0.1) is 5.92 Å². The van der Waals surface area contributed by atoms with E-state index in [4.69, 9.17) is 10.2 Å². The molecule has 1 amide bonds. The number of hydrogen-bond donors (Lipinski definition) is 1. The van der Waals surface area contributed by atoms with Gasteiger partial charge in [0.05, 0.1) is 4.90 Å². The van der Waals surface area contributed by atoms with Gasteiger partial charge in [-0.15, -0.1) is 0 Å². The zero-order valence-electron chi connectivity index (χ0n) is 16.8. The van der Waals surface area contributed by atoms with E-state index in [0.717, 1.165) is 5.56 Å². The van der Waals surface area contributed by atoms with Crippen LogP contribution in [0.3, 0.4) is 0 Å². The van der Waals surface area contributed by atoms with Crippen LogP contribution in [0.15, 0.2) is 75.0 Å². The normalized spacial score (nSPS) is 15.4. The van der Waals surface area contributed by atoms with E-state index in [9.17, 15) is 13.2 Å². The number of benzene rings is 2. The Kier molecular flexibility index (Phi) is 5.90. The summed E-state index contributed by atoms with van der Waals surface area (Å²) in [4.78, 5) is 17.8. The fourth-order valence-electron chi connectivity index (χ4n) is 3.57. The van der Waals surface area contributed by atoms with Crippen molar-refractivity contribution in [3.63, 3.8) is 0 Å². The number of nitrogens with zero attached hydrogens (tertiary/aromatic N) is 2. The third-order valence-electron chi connectivity index (χ3n) is 5.31. The number of aromatic nitrogens is 1. The Balaban J connectivity index is 1.71. The Morgan fingerprint density at radius 2 is 1.61 bits per heavy atom. The first-order valence-corrected chi connectivity index (χ1v) is 11.5. The van der Waals surface area contributed by atoms with Crippen LogP contribution in [0.1, 0.15) is 24.3 Å². The number of sulfone groups is 1. The number of hydrogen-bond acceptors (Lipinski definition) is 6. The molecule has 31 heavy (non-hydrogen) atoms. The molecule has 1 aromatic heterocycles. The Hall–Kier alpha value is -3.39. The first kappa shape index (κ1) is 20.9. The molecule has 160 valence electrons. The van der Waals surface area contributed by atoms with Gasteiger partial charge in [-0.3, -0.25) is 4.79 Å². The topological polar surface area (TPSA) is 106 Å². The molecule has 1 aliphatic heterocycles. The highest BCUT2D eigenvalue weighted by molar-refractivity contribution is 7.91. The van der Waals surface area contributed by atoms with Gasteiger partial charge in [-0.05, 0) is 36.6 Å². The molecule has 1 aliphatic rings. The fourth-order valence-corrected chi connectivity index (χ4v) is 4.92. The Morgan fingerprint density at radius 1 is 1.00 bits per heavy atom. The van der Waals surface area contributed by atoms with E-state index in [-0.39, 0.29) is 33.5 Å². The summed E-state index contributed by atoms with van der Waals surface area (Å²) >= 11 is 0. The number of amides is 1. The molecule has 2 N–H and O–H groups in total. The van der Waals surface area contributed by atoms with Gasteiger partial charge in [0, 0.05) is 25.1 Å². The van der Waals surface area contributed by atoms with E-state index in [0.29, 0.717) is 25.9 Å². The van der Waals surface area contributed by atoms with Gasteiger partial charge in [0.25, 0.3) is 0 Å². The number of carbonyl (C=O) groups excluding carboxylic acids is 1. The van der Waals surface area contributed by atoms with Crippen LogP contribution in [0.4, 0.5) is 5.88 Å². The third kappa shape index (κ3) is 4.54. The van der Waals surface area contributed by atoms with Crippen molar-refractivity contribution in [2.45, 2.75) is 22.8 Å². The molecule has 2 aromatic carbocycles. The molecular weight excluding hydrogens is 414 g/mol. The van der Waals surface area contributed by atoms with Crippen LogP contribution in [0.25, 0.3) is 12.2 Å². The average molecular weight is 438 g/mol. The standard InChI is InChI=1S/C23H23N3O4S/c24-21(27)18-13-15-26(16-14-18)23-22(31(28,29)19-9-5-2-6-10-19)25-20(30-23)12-11-17-7-3-1-4-8-17/h1-12,18H,13-16H2,(H2,24,27)/b12-11+. The second kappa shape index (κ2) is 8.77. The van der Waals surface area contributed by atoms with E-state index in [1.54, 1.807) is 24.3 Å². The van der Waals surface area contributed by atoms with E-state index in [2.05, 4.69) is 4.98 Å². The van der Waals surface area contributed by atoms with Crippen LogP contribution in [0.5, 0.6) is 0 Å². The molecule has 1 fully saturated rings. The molecule has 0 spiro atoms. The first-order chi connectivity index (χ1) is 14.9. The molecule has 0 aliphatic carbocycles. The van der Waals surface area contributed by atoms with Crippen LogP contribution in [-0.4, -0.2) is 32.4 Å². The molecule has 0 atom stereocenters. The summed E-state index contributed by atoms with van der Waals surface area (Å²) in [5.41, 5.74) is 6.37. The van der Waals surface area contributed by atoms with Crippen molar-refractivity contribution in [1.29, 1.82) is 0 Å². The first-order valence-electron chi connectivity index (χ1n) is 10.0. The summed E-state index contributed by atoms with van der Waals surface area (Å²) in [6.45, 7) is 0.921. The average Bonchev–Trinajstić information content (AvgIpc) is 3.24. The van der Waals surface area contributed by atoms with Crippen molar-refractivity contribution in [3.05, 3.63) is 72.1 Å². The van der Waals surface area contributed by atoms with Gasteiger partial charge in [-0.2, -0.15) is 4.98 Å². The summed E-state index contributed by atoms with van der Waals surface area (Å²) < 4.78 is 32.5. The summed E-state index contributed by atoms with van der Waals surface area (Å²) in [5, 5.41) is -0.121. The number of primary amides is 1. The van der Waals surface area contributed by atoms with Crippen LogP contribution >= 0.6 is 0 Å². The SMILES string of the molecule is NC(=O)C1CCN(c2oc(/C=C/c3ccccc3)nc2S(=O)(=O)c2ccccc2)CC1. The lowest BCUT2D eigenvalue weighted by Crippen LogP contribution is -2.38. The number of oxazole rings is 1. The van der Waals surface area contributed by atoms with Gasteiger partial charge in [0.1, 0.15) is 0 Å². The summed E-state index contributed by atoms with van der Waals surface area (Å²) in [6, 6.07) is 17.8. The summed E-state index contributed by atoms with van der Waals surface area (Å²) in [5.74, 6) is -0.156. The van der Waals surface area contributed by atoms with Gasteiger partial charge >= 0.3 is 0 Å². The van der Waals surface area contributed by atoms with Gasteiger partial charge in [-0.25, -0.2) is 8.42 Å². The van der Waals surface area contributed by atoms with E-state index < -0.39 is 9.84 Å². The molecule has 8 heteroatoms.